The summed E-state index contributed by atoms with van der Waals surface area (Å²) < 4.78 is 0. The Kier molecular flexibility index (Phi) is 4.82. The van der Waals surface area contributed by atoms with Crippen LogP contribution in [-0.2, 0) is 0 Å². The van der Waals surface area contributed by atoms with Crippen molar-refractivity contribution in [1.29, 1.82) is 0 Å². The summed E-state index contributed by atoms with van der Waals surface area (Å²) >= 11 is 0. The summed E-state index contributed by atoms with van der Waals surface area (Å²) in [6.45, 7) is 2.39. The van der Waals surface area contributed by atoms with Crippen LogP contribution in [0.1, 0.15) is 6.92 Å². The van der Waals surface area contributed by atoms with E-state index in [1.165, 1.54) is 0 Å². The SMILES string of the molecule is CC=CNC(CN)=NC. The maximum atomic E-state index is 5.30. The van der Waals surface area contributed by atoms with E-state index in [0.717, 1.165) is 5.84 Å². The minimum Gasteiger partial charge on any atom is -0.350 e. The molecule has 0 bridgehead atoms. The molecule has 52 valence electrons. The third kappa shape index (κ3) is 3.73. The summed E-state index contributed by atoms with van der Waals surface area (Å²) in [6.07, 6.45) is 3.69. The Morgan fingerprint density at radius 3 is 2.78 bits per heavy atom. The molecule has 0 aromatic carbocycles. The van der Waals surface area contributed by atoms with Crippen LogP contribution in [0.3, 0.4) is 0 Å². The van der Waals surface area contributed by atoms with Gasteiger partial charge >= 0.3 is 0 Å². The average molecular weight is 127 g/mol. The Bertz CT molecular complexity index is 115. The van der Waals surface area contributed by atoms with Gasteiger partial charge in [0, 0.05) is 7.05 Å². The number of rotatable bonds is 2. The van der Waals surface area contributed by atoms with Crippen molar-refractivity contribution in [3.63, 3.8) is 0 Å². The summed E-state index contributed by atoms with van der Waals surface area (Å²) in [5.41, 5.74) is 5.30. The summed E-state index contributed by atoms with van der Waals surface area (Å²) in [6, 6.07) is 0. The van der Waals surface area contributed by atoms with Crippen molar-refractivity contribution in [1.82, 2.24) is 5.32 Å². The minimum atomic E-state index is 0.459. The topological polar surface area (TPSA) is 50.4 Å². The van der Waals surface area contributed by atoms with Gasteiger partial charge in [-0.3, -0.25) is 4.99 Å². The summed E-state index contributed by atoms with van der Waals surface area (Å²) in [4.78, 5) is 3.87. The maximum absolute atomic E-state index is 5.30. The Hall–Kier alpha value is -0.830. The molecule has 0 atom stereocenters. The molecule has 0 unspecified atom stereocenters. The van der Waals surface area contributed by atoms with Crippen LogP contribution in [0, 0.1) is 0 Å². The van der Waals surface area contributed by atoms with Gasteiger partial charge in [-0.15, -0.1) is 0 Å². The van der Waals surface area contributed by atoms with E-state index in [4.69, 9.17) is 5.73 Å². The molecule has 0 aliphatic rings. The fourth-order valence-electron chi connectivity index (χ4n) is 0.394. The average Bonchev–Trinajstić information content (AvgIpc) is 1.91. The molecule has 3 nitrogen and oxygen atoms in total. The monoisotopic (exact) mass is 127 g/mol. The zero-order chi connectivity index (χ0) is 7.11. The van der Waals surface area contributed by atoms with Crippen molar-refractivity contribution in [3.8, 4) is 0 Å². The van der Waals surface area contributed by atoms with E-state index < -0.39 is 0 Å². The Labute approximate surface area is 55.7 Å². The molecular weight excluding hydrogens is 114 g/mol. The van der Waals surface area contributed by atoms with Crippen molar-refractivity contribution in [2.45, 2.75) is 6.92 Å². The van der Waals surface area contributed by atoms with Gasteiger partial charge in [-0.25, -0.2) is 0 Å². The number of nitrogens with two attached hydrogens (primary N) is 1. The summed E-state index contributed by atoms with van der Waals surface area (Å²) in [5, 5.41) is 2.91. The standard InChI is InChI=1S/C6H13N3/c1-3-4-9-6(5-7)8-2/h3-4H,5,7H2,1-2H3,(H,8,9). The smallest absolute Gasteiger partial charge is 0.114 e. The molecule has 0 aromatic rings. The van der Waals surface area contributed by atoms with Crippen molar-refractivity contribution in [2.75, 3.05) is 13.6 Å². The van der Waals surface area contributed by atoms with Crippen LogP contribution < -0.4 is 11.1 Å². The van der Waals surface area contributed by atoms with E-state index in [1.54, 1.807) is 13.2 Å². The van der Waals surface area contributed by atoms with Crippen molar-refractivity contribution < 1.29 is 0 Å². The minimum absolute atomic E-state index is 0.459. The predicted molar refractivity (Wildman–Crippen MR) is 40.4 cm³/mol. The van der Waals surface area contributed by atoms with E-state index in [-0.39, 0.29) is 0 Å². The van der Waals surface area contributed by atoms with Crippen LogP contribution in [0.2, 0.25) is 0 Å². The molecule has 0 aromatic heterocycles. The Morgan fingerprint density at radius 2 is 2.44 bits per heavy atom. The lowest BCUT2D eigenvalue weighted by atomic mass is 10.5. The summed E-state index contributed by atoms with van der Waals surface area (Å²) in [7, 11) is 1.71. The normalized spacial score (nSPS) is 12.6. The molecule has 0 aliphatic heterocycles. The fraction of sp³-hybridized carbons (Fsp3) is 0.500. The number of nitrogens with one attached hydrogen (secondary N) is 1. The van der Waals surface area contributed by atoms with Crippen LogP contribution in [0.4, 0.5) is 0 Å². The van der Waals surface area contributed by atoms with Gasteiger partial charge in [-0.1, -0.05) is 6.08 Å². The van der Waals surface area contributed by atoms with E-state index >= 15 is 0 Å². The van der Waals surface area contributed by atoms with Gasteiger partial charge in [-0.05, 0) is 13.1 Å². The number of hydrogen-bond donors (Lipinski definition) is 2. The van der Waals surface area contributed by atoms with Crippen LogP contribution >= 0.6 is 0 Å². The first-order valence-electron chi connectivity index (χ1n) is 2.88. The zero-order valence-electron chi connectivity index (χ0n) is 5.89. The van der Waals surface area contributed by atoms with Crippen molar-refractivity contribution in [2.24, 2.45) is 10.7 Å². The molecule has 0 rings (SSSR count). The molecule has 0 spiro atoms. The number of aliphatic imine (C=N–C) groups is 1. The first kappa shape index (κ1) is 8.17. The second kappa shape index (κ2) is 5.31. The lowest BCUT2D eigenvalue weighted by Crippen LogP contribution is -2.26. The van der Waals surface area contributed by atoms with Gasteiger partial charge in [0.25, 0.3) is 0 Å². The number of allylic oxidation sites excluding steroid dienone is 1. The van der Waals surface area contributed by atoms with Crippen LogP contribution in [0.5, 0.6) is 0 Å². The first-order chi connectivity index (χ1) is 4.35. The van der Waals surface area contributed by atoms with Gasteiger partial charge in [0.05, 0.1) is 6.54 Å². The molecule has 0 saturated heterocycles. The van der Waals surface area contributed by atoms with Gasteiger partial charge < -0.3 is 11.1 Å². The van der Waals surface area contributed by atoms with Crippen molar-refractivity contribution in [3.05, 3.63) is 12.3 Å². The maximum Gasteiger partial charge on any atom is 0.114 e. The zero-order valence-corrected chi connectivity index (χ0v) is 5.89. The quantitative estimate of drug-likeness (QED) is 0.408. The van der Waals surface area contributed by atoms with Gasteiger partial charge in [0.15, 0.2) is 0 Å². The highest BCUT2D eigenvalue weighted by atomic mass is 15.0. The largest absolute Gasteiger partial charge is 0.350 e. The fourth-order valence-corrected chi connectivity index (χ4v) is 0.394. The summed E-state index contributed by atoms with van der Waals surface area (Å²) in [5.74, 6) is 0.799. The molecule has 3 N–H and O–H groups in total. The Balaban J connectivity index is 3.58. The molecule has 0 heterocycles. The van der Waals surface area contributed by atoms with E-state index in [9.17, 15) is 0 Å². The van der Waals surface area contributed by atoms with E-state index in [0.29, 0.717) is 6.54 Å². The molecule has 3 heteroatoms. The van der Waals surface area contributed by atoms with Gasteiger partial charge in [-0.2, -0.15) is 0 Å². The number of nitrogens with zero attached hydrogens (tertiary/aromatic N) is 1. The molecular formula is C6H13N3. The first-order valence-corrected chi connectivity index (χ1v) is 2.88. The third-order valence-electron chi connectivity index (χ3n) is 0.880. The molecule has 0 amide bonds. The van der Waals surface area contributed by atoms with Crippen LogP contribution in [-0.4, -0.2) is 19.4 Å². The second-order valence-electron chi connectivity index (χ2n) is 1.52. The molecule has 0 aliphatic carbocycles. The number of amidine groups is 1. The van der Waals surface area contributed by atoms with Gasteiger partial charge in [0.1, 0.15) is 5.84 Å². The second-order valence-corrected chi connectivity index (χ2v) is 1.52. The van der Waals surface area contributed by atoms with Crippen molar-refractivity contribution >= 4 is 5.84 Å². The number of hydrogen-bond acceptors (Lipinski definition) is 2. The highest BCUT2D eigenvalue weighted by Gasteiger charge is 1.85. The third-order valence-corrected chi connectivity index (χ3v) is 0.880. The molecule has 0 radical (unpaired) electrons. The van der Waals surface area contributed by atoms with E-state index in [2.05, 4.69) is 10.3 Å². The highest BCUT2D eigenvalue weighted by Crippen LogP contribution is 1.68. The molecule has 9 heavy (non-hydrogen) atoms. The lowest BCUT2D eigenvalue weighted by molar-refractivity contribution is 1.13. The lowest BCUT2D eigenvalue weighted by Gasteiger charge is -1.98. The highest BCUT2D eigenvalue weighted by molar-refractivity contribution is 5.84. The predicted octanol–water partition coefficient (Wildman–Crippen LogP) is 0.0966. The van der Waals surface area contributed by atoms with Gasteiger partial charge in [0.2, 0.25) is 0 Å². The Morgan fingerprint density at radius 1 is 1.78 bits per heavy atom. The van der Waals surface area contributed by atoms with E-state index in [1.807, 2.05) is 13.0 Å². The molecule has 0 saturated carbocycles. The van der Waals surface area contributed by atoms with Crippen LogP contribution in [0.25, 0.3) is 0 Å². The van der Waals surface area contributed by atoms with Crippen LogP contribution in [0.15, 0.2) is 17.3 Å². The molecule has 0 fully saturated rings.